The van der Waals surface area contributed by atoms with Crippen molar-refractivity contribution in [1.29, 1.82) is 0 Å². The number of carbonyl (C=O) groups is 6. The Morgan fingerprint density at radius 3 is 0.810 bits per heavy atom. The lowest BCUT2D eigenvalue weighted by Crippen LogP contribution is -2.38. The average Bonchev–Trinajstić information content (AvgIpc) is 3.23. The number of hydrogen-bond acceptors (Lipinski definition) is 21. The highest BCUT2D eigenvalue weighted by molar-refractivity contribution is 6.40. The second kappa shape index (κ2) is 24.4. The van der Waals surface area contributed by atoms with E-state index in [0.717, 1.165) is 54.6 Å². The first-order valence-corrected chi connectivity index (χ1v) is 17.5. The molecule has 0 atom stereocenters. The molecule has 0 amide bonds. The van der Waals surface area contributed by atoms with E-state index in [-0.39, 0.29) is 56.3 Å². The van der Waals surface area contributed by atoms with Gasteiger partial charge in [0.05, 0.1) is 56.3 Å². The van der Waals surface area contributed by atoms with Crippen molar-refractivity contribution in [2.75, 3.05) is 39.6 Å². The molecule has 0 aliphatic heterocycles. The van der Waals surface area contributed by atoms with Gasteiger partial charge < -0.3 is 14.0 Å². The van der Waals surface area contributed by atoms with E-state index >= 15 is 0 Å². The second-order valence-corrected chi connectivity index (χ2v) is 10.4. The largest absolute Gasteiger partial charge is 0.864 e. The number of rotatable bonds is 24. The fourth-order valence-corrected chi connectivity index (χ4v) is 4.08. The lowest BCUT2D eigenvalue weighted by molar-refractivity contribution is -0.237. The summed E-state index contributed by atoms with van der Waals surface area (Å²) in [6.45, 7) is 9.10. The molecular formula is C36H39BO21. The van der Waals surface area contributed by atoms with Crippen LogP contribution in [0.25, 0.3) is 0 Å². The zero-order chi connectivity index (χ0) is 42.5. The first-order chi connectivity index (χ1) is 28.0. The van der Waals surface area contributed by atoms with Gasteiger partial charge in [0.25, 0.3) is 0 Å². The smallest absolute Gasteiger partial charge is 0.489 e. The van der Waals surface area contributed by atoms with E-state index < -0.39 is 77.1 Å². The Labute approximate surface area is 330 Å². The normalized spacial score (nSPS) is 10.4. The summed E-state index contributed by atoms with van der Waals surface area (Å²) in [5.74, 6) is -8.05. The van der Waals surface area contributed by atoms with E-state index in [1.165, 1.54) is 20.8 Å². The van der Waals surface area contributed by atoms with Crippen LogP contribution in [0, 0.1) is 0 Å². The van der Waals surface area contributed by atoms with Gasteiger partial charge >= 0.3 is 43.1 Å². The van der Waals surface area contributed by atoms with Crippen molar-refractivity contribution < 1.29 is 101 Å². The second-order valence-electron chi connectivity index (χ2n) is 10.4. The molecule has 312 valence electrons. The predicted molar refractivity (Wildman–Crippen MR) is 189 cm³/mol. The summed E-state index contributed by atoms with van der Waals surface area (Å²) in [7, 11) is -2.26. The molecule has 0 unspecified atom stereocenters. The summed E-state index contributed by atoms with van der Waals surface area (Å²) in [6, 6.07) is 9.80. The van der Waals surface area contributed by atoms with Crippen LogP contribution in [-0.2, 0) is 58.7 Å². The Hall–Kier alpha value is -6.30. The van der Waals surface area contributed by atoms with Crippen LogP contribution in [0.1, 0.15) is 104 Å². The summed E-state index contributed by atoms with van der Waals surface area (Å²) in [4.78, 5) is 135. The molecule has 0 aliphatic carbocycles. The summed E-state index contributed by atoms with van der Waals surface area (Å²) in [5, 5.41) is 0. The standard InChI is InChI=1S/C36H39BO21/c1-7-44-53-31(38)22-13-16-25(34(41)56-47-10-4)28(19-22)50-37(51-29-20-23(32(39)54-45-8-2)14-17-26(29)35(42)57-48-11-5)52-30-21-24(33(40)55-46-9-3)15-18-27(30)36(43)58-49-12-6/h13-21H,7-12H2,1-6H3. The quantitative estimate of drug-likeness (QED) is 0.0666. The third kappa shape index (κ3) is 13.7. The average molecular weight is 818 g/mol. The molecule has 22 heteroatoms. The zero-order valence-electron chi connectivity index (χ0n) is 32.1. The maximum Gasteiger partial charge on any atom is 0.864 e. The molecule has 0 spiro atoms. The third-order valence-electron chi connectivity index (χ3n) is 6.50. The van der Waals surface area contributed by atoms with Crippen LogP contribution in [0.15, 0.2) is 54.6 Å². The van der Waals surface area contributed by atoms with E-state index in [1.54, 1.807) is 20.8 Å². The van der Waals surface area contributed by atoms with Gasteiger partial charge in [-0.2, -0.15) is 29.3 Å². The molecule has 58 heavy (non-hydrogen) atoms. The summed E-state index contributed by atoms with van der Waals surface area (Å²) < 4.78 is 18.0. The maximum atomic E-state index is 13.1. The van der Waals surface area contributed by atoms with Gasteiger partial charge in [-0.25, -0.2) is 28.8 Å². The van der Waals surface area contributed by atoms with Gasteiger partial charge in [0, 0.05) is 0 Å². The van der Waals surface area contributed by atoms with Crippen LogP contribution in [0.3, 0.4) is 0 Å². The van der Waals surface area contributed by atoms with Crippen LogP contribution >= 0.6 is 0 Å². The molecule has 3 rings (SSSR count). The molecule has 3 aromatic rings. The SMILES string of the molecule is CCOOC(=O)c1ccc(C(=O)OOCC)c(OB(Oc2cc(C(=O)OOCC)ccc2C(=O)OOCC)Oc2cc(C(=O)OOCC)ccc2C(=O)OOCC)c1. The van der Waals surface area contributed by atoms with Crippen molar-refractivity contribution in [2.24, 2.45) is 0 Å². The number of carbonyl (C=O) groups excluding carboxylic acids is 6. The zero-order valence-corrected chi connectivity index (χ0v) is 32.1. The van der Waals surface area contributed by atoms with Crippen LogP contribution < -0.4 is 14.0 Å². The van der Waals surface area contributed by atoms with Crippen LogP contribution in [0.4, 0.5) is 0 Å². The van der Waals surface area contributed by atoms with E-state index in [9.17, 15) is 28.8 Å². The Balaban J connectivity index is 2.31. The minimum atomic E-state index is -2.26. The summed E-state index contributed by atoms with van der Waals surface area (Å²) >= 11 is 0. The van der Waals surface area contributed by atoms with Crippen LogP contribution in [-0.4, -0.2) is 82.8 Å². The minimum Gasteiger partial charge on any atom is -0.489 e. The first-order valence-electron chi connectivity index (χ1n) is 17.5. The van der Waals surface area contributed by atoms with Crippen molar-refractivity contribution in [1.82, 2.24) is 0 Å². The number of hydrogen-bond donors (Lipinski definition) is 0. The molecule has 0 aliphatic rings. The molecule has 0 saturated carbocycles. The molecule has 21 nitrogen and oxygen atoms in total. The molecule has 0 radical (unpaired) electrons. The van der Waals surface area contributed by atoms with Crippen molar-refractivity contribution >= 4 is 43.1 Å². The van der Waals surface area contributed by atoms with Gasteiger partial charge in [0.2, 0.25) is 0 Å². The highest BCUT2D eigenvalue weighted by Crippen LogP contribution is 2.30. The van der Waals surface area contributed by atoms with Crippen molar-refractivity contribution in [3.05, 3.63) is 88.0 Å². The molecule has 0 bridgehead atoms. The topological polar surface area (TPSA) is 241 Å². The highest BCUT2D eigenvalue weighted by Gasteiger charge is 2.37. The molecule has 0 aromatic heterocycles. The lowest BCUT2D eigenvalue weighted by Gasteiger charge is -2.21. The minimum absolute atomic E-state index is 0.00586. The van der Waals surface area contributed by atoms with E-state index in [2.05, 4.69) is 0 Å². The van der Waals surface area contributed by atoms with Gasteiger partial charge in [-0.05, 0) is 96.1 Å². The van der Waals surface area contributed by atoms with E-state index in [0.29, 0.717) is 0 Å². The van der Waals surface area contributed by atoms with E-state index in [4.69, 9.17) is 72.6 Å². The highest BCUT2D eigenvalue weighted by atomic mass is 17.2. The summed E-state index contributed by atoms with van der Waals surface area (Å²) in [6.07, 6.45) is 0. The lowest BCUT2D eigenvalue weighted by atomic mass is 10.1. The predicted octanol–water partition coefficient (Wildman–Crippen LogP) is 4.86. The Morgan fingerprint density at radius 2 is 0.586 bits per heavy atom. The van der Waals surface area contributed by atoms with Gasteiger partial charge in [-0.1, -0.05) is 0 Å². The van der Waals surface area contributed by atoms with E-state index in [1.807, 2.05) is 0 Å². The first kappa shape index (κ1) is 46.1. The molecule has 0 N–H and O–H groups in total. The van der Waals surface area contributed by atoms with Gasteiger partial charge in [-0.3, -0.25) is 29.3 Å². The monoisotopic (exact) mass is 818 g/mol. The van der Waals surface area contributed by atoms with Crippen molar-refractivity contribution in [3.63, 3.8) is 0 Å². The Kier molecular flexibility index (Phi) is 19.4. The Morgan fingerprint density at radius 1 is 0.362 bits per heavy atom. The molecule has 0 saturated heterocycles. The fourth-order valence-electron chi connectivity index (χ4n) is 4.08. The number of benzene rings is 3. The molecule has 3 aromatic carbocycles. The molecular weight excluding hydrogens is 779 g/mol. The Bertz CT molecular complexity index is 1670. The molecule has 0 fully saturated rings. The molecule has 0 heterocycles. The van der Waals surface area contributed by atoms with Gasteiger partial charge in [0.1, 0.15) is 33.9 Å². The summed E-state index contributed by atoms with van der Waals surface area (Å²) in [5.41, 5.74) is -1.90. The third-order valence-corrected chi connectivity index (χ3v) is 6.50. The van der Waals surface area contributed by atoms with Gasteiger partial charge in [0.15, 0.2) is 0 Å². The van der Waals surface area contributed by atoms with Crippen molar-refractivity contribution in [3.8, 4) is 17.2 Å². The van der Waals surface area contributed by atoms with Crippen LogP contribution in [0.5, 0.6) is 17.2 Å². The maximum absolute atomic E-state index is 13.1. The van der Waals surface area contributed by atoms with Gasteiger partial charge in [-0.15, -0.1) is 0 Å². The van der Waals surface area contributed by atoms with Crippen LogP contribution in [0.2, 0.25) is 0 Å². The van der Waals surface area contributed by atoms with Crippen molar-refractivity contribution in [2.45, 2.75) is 41.5 Å². The fraction of sp³-hybridized carbons (Fsp3) is 0.333.